The third kappa shape index (κ3) is 5.87. The summed E-state index contributed by atoms with van der Waals surface area (Å²) >= 11 is 0. The third-order valence-corrected chi connectivity index (χ3v) is 5.45. The lowest BCUT2D eigenvalue weighted by atomic mass is 9.85. The number of nitrogens with one attached hydrogen (secondary N) is 1. The summed E-state index contributed by atoms with van der Waals surface area (Å²) in [5, 5.41) is 12.4. The van der Waals surface area contributed by atoms with E-state index in [1.807, 2.05) is 30.3 Å². The molecule has 1 heterocycles. The van der Waals surface area contributed by atoms with Gasteiger partial charge in [-0.3, -0.25) is 9.59 Å². The molecule has 0 spiro atoms. The van der Waals surface area contributed by atoms with Gasteiger partial charge in [0, 0.05) is 31.5 Å². The molecular formula is C23H27FN2O3. The number of rotatable bonds is 9. The first-order valence-electron chi connectivity index (χ1n) is 9.98. The van der Waals surface area contributed by atoms with Crippen LogP contribution >= 0.6 is 0 Å². The second kappa shape index (κ2) is 9.65. The Kier molecular flexibility index (Phi) is 6.99. The molecule has 1 fully saturated rings. The van der Waals surface area contributed by atoms with E-state index >= 15 is 0 Å². The van der Waals surface area contributed by atoms with Gasteiger partial charge in [0.15, 0.2) is 0 Å². The Balaban J connectivity index is 1.66. The van der Waals surface area contributed by atoms with Gasteiger partial charge in [-0.1, -0.05) is 42.5 Å². The number of carbonyl (C=O) groups is 2. The zero-order chi connectivity index (χ0) is 20.7. The van der Waals surface area contributed by atoms with Crippen LogP contribution in [0.1, 0.15) is 36.8 Å². The Hall–Kier alpha value is -2.73. The average molecular weight is 398 g/mol. The van der Waals surface area contributed by atoms with Crippen molar-refractivity contribution >= 4 is 11.8 Å². The summed E-state index contributed by atoms with van der Waals surface area (Å²) in [7, 11) is 0. The fourth-order valence-corrected chi connectivity index (χ4v) is 3.90. The highest BCUT2D eigenvalue weighted by Crippen LogP contribution is 2.30. The van der Waals surface area contributed by atoms with Gasteiger partial charge < -0.3 is 15.3 Å². The van der Waals surface area contributed by atoms with Gasteiger partial charge in [0.05, 0.1) is 6.61 Å². The molecular weight excluding hydrogens is 371 g/mol. The van der Waals surface area contributed by atoms with Gasteiger partial charge >= 0.3 is 0 Å². The molecule has 1 saturated heterocycles. The number of nitrogens with zero attached hydrogens (tertiary/aromatic N) is 1. The summed E-state index contributed by atoms with van der Waals surface area (Å²) in [6.07, 6.45) is 2.42. The number of hydrogen-bond donors (Lipinski definition) is 2. The monoisotopic (exact) mass is 398 g/mol. The highest BCUT2D eigenvalue weighted by molar-refractivity contribution is 5.80. The molecule has 29 heavy (non-hydrogen) atoms. The van der Waals surface area contributed by atoms with Crippen molar-refractivity contribution in [2.24, 2.45) is 0 Å². The molecule has 1 aliphatic rings. The summed E-state index contributed by atoms with van der Waals surface area (Å²) < 4.78 is 13.2. The Bertz CT molecular complexity index is 826. The first kappa shape index (κ1) is 21.0. The van der Waals surface area contributed by atoms with E-state index in [4.69, 9.17) is 0 Å². The fourth-order valence-electron chi connectivity index (χ4n) is 3.90. The average Bonchev–Trinajstić information content (AvgIpc) is 3.09. The number of benzene rings is 2. The molecule has 2 amide bonds. The number of aliphatic hydroxyl groups excluding tert-OH is 1. The Morgan fingerprint density at radius 1 is 1.10 bits per heavy atom. The maximum absolute atomic E-state index is 13.2. The molecule has 2 aromatic rings. The van der Waals surface area contributed by atoms with Crippen molar-refractivity contribution in [1.29, 1.82) is 0 Å². The molecule has 0 saturated carbocycles. The zero-order valence-electron chi connectivity index (χ0n) is 16.4. The first-order valence-corrected chi connectivity index (χ1v) is 9.98. The minimum atomic E-state index is -0.498. The van der Waals surface area contributed by atoms with Crippen molar-refractivity contribution in [1.82, 2.24) is 10.2 Å². The van der Waals surface area contributed by atoms with Crippen LogP contribution in [0, 0.1) is 5.82 Å². The van der Waals surface area contributed by atoms with E-state index in [2.05, 4.69) is 5.32 Å². The summed E-state index contributed by atoms with van der Waals surface area (Å²) in [6, 6.07) is 15.9. The third-order valence-electron chi connectivity index (χ3n) is 5.45. The van der Waals surface area contributed by atoms with Crippen LogP contribution in [0.5, 0.6) is 0 Å². The SMILES string of the molecule is O=C1CC[C@@](CCC(=O)N(CCO)Cc2ccccc2)(Cc2ccc(F)cc2)N1. The van der Waals surface area contributed by atoms with E-state index in [0.29, 0.717) is 32.2 Å². The molecule has 0 aliphatic carbocycles. The maximum atomic E-state index is 13.2. The minimum absolute atomic E-state index is 0.0175. The smallest absolute Gasteiger partial charge is 0.223 e. The summed E-state index contributed by atoms with van der Waals surface area (Å²) in [4.78, 5) is 26.4. The molecule has 1 atom stereocenters. The number of carbonyl (C=O) groups excluding carboxylic acids is 2. The second-order valence-electron chi connectivity index (χ2n) is 7.66. The number of aliphatic hydroxyl groups is 1. The van der Waals surface area contributed by atoms with Crippen LogP contribution in [-0.4, -0.2) is 40.5 Å². The molecule has 154 valence electrons. The molecule has 2 aromatic carbocycles. The molecule has 5 nitrogen and oxygen atoms in total. The van der Waals surface area contributed by atoms with Gasteiger partial charge in [-0.15, -0.1) is 0 Å². The molecule has 0 bridgehead atoms. The standard InChI is InChI=1S/C23H27FN2O3/c24-20-8-6-18(7-9-20)16-23(12-10-21(28)25-23)13-11-22(29)26(14-15-27)17-19-4-2-1-3-5-19/h1-9,27H,10-17H2,(H,25,28)/t23-/m1/s1. The number of amides is 2. The van der Waals surface area contributed by atoms with Gasteiger partial charge in [-0.2, -0.15) is 0 Å². The Labute approximate surface area is 170 Å². The molecule has 6 heteroatoms. The fraction of sp³-hybridized carbons (Fsp3) is 0.391. The van der Waals surface area contributed by atoms with Gasteiger partial charge in [-0.05, 0) is 42.5 Å². The van der Waals surface area contributed by atoms with Gasteiger partial charge in [0.25, 0.3) is 0 Å². The van der Waals surface area contributed by atoms with Crippen LogP contribution in [-0.2, 0) is 22.6 Å². The van der Waals surface area contributed by atoms with E-state index in [0.717, 1.165) is 11.1 Å². The van der Waals surface area contributed by atoms with E-state index < -0.39 is 5.54 Å². The molecule has 0 radical (unpaired) electrons. The Morgan fingerprint density at radius 2 is 1.83 bits per heavy atom. The van der Waals surface area contributed by atoms with Crippen molar-refractivity contribution < 1.29 is 19.1 Å². The van der Waals surface area contributed by atoms with Crippen LogP contribution < -0.4 is 5.32 Å². The summed E-state index contributed by atoms with van der Waals surface area (Å²) in [5.74, 6) is -0.368. The van der Waals surface area contributed by atoms with E-state index in [1.54, 1.807) is 17.0 Å². The molecule has 3 rings (SSSR count). The van der Waals surface area contributed by atoms with Crippen LogP contribution in [0.2, 0.25) is 0 Å². The van der Waals surface area contributed by atoms with Crippen molar-refractivity contribution in [3.8, 4) is 0 Å². The van der Waals surface area contributed by atoms with Gasteiger partial charge in [0.1, 0.15) is 5.82 Å². The van der Waals surface area contributed by atoms with Crippen LogP contribution in [0.4, 0.5) is 4.39 Å². The number of hydrogen-bond acceptors (Lipinski definition) is 3. The topological polar surface area (TPSA) is 69.6 Å². The highest BCUT2D eigenvalue weighted by atomic mass is 19.1. The second-order valence-corrected chi connectivity index (χ2v) is 7.66. The first-order chi connectivity index (χ1) is 14.0. The maximum Gasteiger partial charge on any atom is 0.223 e. The van der Waals surface area contributed by atoms with Gasteiger partial charge in [0.2, 0.25) is 11.8 Å². The predicted molar refractivity (Wildman–Crippen MR) is 108 cm³/mol. The zero-order valence-corrected chi connectivity index (χ0v) is 16.4. The number of halogens is 1. The highest BCUT2D eigenvalue weighted by Gasteiger charge is 2.38. The van der Waals surface area contributed by atoms with Crippen molar-refractivity contribution in [3.63, 3.8) is 0 Å². The van der Waals surface area contributed by atoms with Gasteiger partial charge in [-0.25, -0.2) is 4.39 Å². The molecule has 0 aromatic heterocycles. The van der Waals surface area contributed by atoms with Crippen LogP contribution in [0.25, 0.3) is 0 Å². The lowest BCUT2D eigenvalue weighted by Crippen LogP contribution is -2.45. The van der Waals surface area contributed by atoms with Crippen molar-refractivity contribution in [3.05, 3.63) is 71.5 Å². The largest absolute Gasteiger partial charge is 0.395 e. The normalized spacial score (nSPS) is 18.5. The van der Waals surface area contributed by atoms with E-state index in [9.17, 15) is 19.1 Å². The quantitative estimate of drug-likeness (QED) is 0.682. The van der Waals surface area contributed by atoms with E-state index in [1.165, 1.54) is 12.1 Å². The summed E-state index contributed by atoms with van der Waals surface area (Å²) in [6.45, 7) is 0.610. The predicted octanol–water partition coefficient (Wildman–Crippen LogP) is 2.82. The van der Waals surface area contributed by atoms with Crippen molar-refractivity contribution in [2.45, 2.75) is 44.2 Å². The van der Waals surface area contributed by atoms with Crippen LogP contribution in [0.3, 0.4) is 0 Å². The molecule has 2 N–H and O–H groups in total. The summed E-state index contributed by atoms with van der Waals surface area (Å²) in [5.41, 5.74) is 1.43. The minimum Gasteiger partial charge on any atom is -0.395 e. The lowest BCUT2D eigenvalue weighted by Gasteiger charge is -2.31. The Morgan fingerprint density at radius 3 is 2.45 bits per heavy atom. The van der Waals surface area contributed by atoms with Crippen LogP contribution in [0.15, 0.2) is 54.6 Å². The van der Waals surface area contributed by atoms with E-state index in [-0.39, 0.29) is 37.2 Å². The molecule has 1 aliphatic heterocycles. The van der Waals surface area contributed by atoms with Crippen molar-refractivity contribution in [2.75, 3.05) is 13.2 Å². The molecule has 0 unspecified atom stereocenters. The lowest BCUT2D eigenvalue weighted by molar-refractivity contribution is -0.133.